The third-order valence-electron chi connectivity index (χ3n) is 2.43. The molecule has 80 valence electrons. The van der Waals surface area contributed by atoms with Crippen LogP contribution in [0.3, 0.4) is 0 Å². The number of hydrogen-bond acceptors (Lipinski definition) is 4. The Morgan fingerprint density at radius 1 is 1.47 bits per heavy atom. The predicted octanol–water partition coefficient (Wildman–Crippen LogP) is 2.21. The molecule has 0 aromatic carbocycles. The lowest BCUT2D eigenvalue weighted by molar-refractivity contribution is 0.0689. The van der Waals surface area contributed by atoms with E-state index in [1.54, 1.807) is 11.8 Å². The standard InChI is InChI=1S/C10H12N2O2S/c13-9(14)8-5-6-11-10(12-8)15-7-3-1-2-4-7/h5-7H,1-4H2,(H,13,14). The zero-order chi connectivity index (χ0) is 10.7. The van der Waals surface area contributed by atoms with Crippen molar-refractivity contribution in [3.63, 3.8) is 0 Å². The fraction of sp³-hybridized carbons (Fsp3) is 0.500. The van der Waals surface area contributed by atoms with Gasteiger partial charge in [0, 0.05) is 11.4 Å². The highest BCUT2D eigenvalue weighted by Crippen LogP contribution is 2.32. The Labute approximate surface area is 92.1 Å². The number of nitrogens with zero attached hydrogens (tertiary/aromatic N) is 2. The third-order valence-corrected chi connectivity index (χ3v) is 3.64. The quantitative estimate of drug-likeness (QED) is 0.797. The first-order valence-corrected chi connectivity index (χ1v) is 5.86. The molecule has 1 aromatic rings. The minimum absolute atomic E-state index is 0.0745. The first-order chi connectivity index (χ1) is 7.25. The zero-order valence-electron chi connectivity index (χ0n) is 8.22. The van der Waals surface area contributed by atoms with Crippen molar-refractivity contribution in [1.82, 2.24) is 9.97 Å². The van der Waals surface area contributed by atoms with E-state index in [1.165, 1.54) is 37.9 Å². The van der Waals surface area contributed by atoms with Crippen molar-refractivity contribution in [2.75, 3.05) is 0 Å². The van der Waals surface area contributed by atoms with Gasteiger partial charge in [0.1, 0.15) is 0 Å². The Morgan fingerprint density at radius 3 is 2.87 bits per heavy atom. The van der Waals surface area contributed by atoms with Crippen molar-refractivity contribution in [2.24, 2.45) is 0 Å². The summed E-state index contributed by atoms with van der Waals surface area (Å²) in [6.45, 7) is 0. The Morgan fingerprint density at radius 2 is 2.20 bits per heavy atom. The maximum atomic E-state index is 10.7. The van der Waals surface area contributed by atoms with E-state index in [0.717, 1.165) is 0 Å². The summed E-state index contributed by atoms with van der Waals surface area (Å²) in [6.07, 6.45) is 6.40. The topological polar surface area (TPSA) is 63.1 Å². The van der Waals surface area contributed by atoms with E-state index in [9.17, 15) is 4.79 Å². The second-order valence-corrected chi connectivity index (χ2v) is 4.82. The smallest absolute Gasteiger partial charge is 0.354 e. The number of thioether (sulfide) groups is 1. The molecule has 2 rings (SSSR count). The average molecular weight is 224 g/mol. The molecule has 1 aliphatic carbocycles. The minimum atomic E-state index is -0.995. The number of aromatic carboxylic acids is 1. The van der Waals surface area contributed by atoms with E-state index >= 15 is 0 Å². The van der Waals surface area contributed by atoms with Gasteiger partial charge in [-0.3, -0.25) is 0 Å². The summed E-state index contributed by atoms with van der Waals surface area (Å²) in [5.74, 6) is -0.995. The molecule has 1 N–H and O–H groups in total. The SMILES string of the molecule is O=C(O)c1ccnc(SC2CCCC2)n1. The Kier molecular flexibility index (Phi) is 3.20. The van der Waals surface area contributed by atoms with Gasteiger partial charge in [0.2, 0.25) is 0 Å². The molecule has 4 nitrogen and oxygen atoms in total. The van der Waals surface area contributed by atoms with Gasteiger partial charge in [-0.1, -0.05) is 24.6 Å². The summed E-state index contributed by atoms with van der Waals surface area (Å²) in [4.78, 5) is 18.8. The van der Waals surface area contributed by atoms with E-state index in [0.29, 0.717) is 10.4 Å². The van der Waals surface area contributed by atoms with Gasteiger partial charge in [-0.05, 0) is 18.9 Å². The summed E-state index contributed by atoms with van der Waals surface area (Å²) in [7, 11) is 0. The molecule has 1 aliphatic rings. The van der Waals surface area contributed by atoms with Crippen molar-refractivity contribution in [3.8, 4) is 0 Å². The maximum absolute atomic E-state index is 10.7. The highest BCUT2D eigenvalue weighted by Gasteiger charge is 2.18. The molecule has 0 saturated heterocycles. The van der Waals surface area contributed by atoms with E-state index in [2.05, 4.69) is 9.97 Å². The number of rotatable bonds is 3. The lowest BCUT2D eigenvalue weighted by Crippen LogP contribution is -2.03. The number of carboxylic acid groups (broad SMARTS) is 1. The van der Waals surface area contributed by atoms with Gasteiger partial charge >= 0.3 is 5.97 Å². The third kappa shape index (κ3) is 2.68. The van der Waals surface area contributed by atoms with E-state index in [4.69, 9.17) is 5.11 Å². The average Bonchev–Trinajstić information content (AvgIpc) is 2.71. The highest BCUT2D eigenvalue weighted by atomic mass is 32.2. The Bertz CT molecular complexity index is 364. The van der Waals surface area contributed by atoms with Gasteiger partial charge in [-0.15, -0.1) is 0 Å². The van der Waals surface area contributed by atoms with Crippen molar-refractivity contribution >= 4 is 17.7 Å². The lowest BCUT2D eigenvalue weighted by atomic mass is 10.4. The predicted molar refractivity (Wildman–Crippen MR) is 57.1 cm³/mol. The summed E-state index contributed by atoms with van der Waals surface area (Å²) in [5.41, 5.74) is 0.0745. The first kappa shape index (κ1) is 10.4. The van der Waals surface area contributed by atoms with Crippen LogP contribution < -0.4 is 0 Å². The van der Waals surface area contributed by atoms with Crippen LogP contribution in [-0.2, 0) is 0 Å². The molecule has 0 amide bonds. The molecular formula is C10H12N2O2S. The first-order valence-electron chi connectivity index (χ1n) is 4.99. The number of hydrogen-bond donors (Lipinski definition) is 1. The molecule has 0 spiro atoms. The highest BCUT2D eigenvalue weighted by molar-refractivity contribution is 7.99. The van der Waals surface area contributed by atoms with Gasteiger partial charge in [0.05, 0.1) is 0 Å². The fourth-order valence-electron chi connectivity index (χ4n) is 1.67. The maximum Gasteiger partial charge on any atom is 0.354 e. The lowest BCUT2D eigenvalue weighted by Gasteiger charge is -2.06. The van der Waals surface area contributed by atoms with Gasteiger partial charge in [-0.25, -0.2) is 14.8 Å². The summed E-state index contributed by atoms with van der Waals surface area (Å²) >= 11 is 1.60. The van der Waals surface area contributed by atoms with Crippen LogP contribution in [-0.4, -0.2) is 26.3 Å². The molecule has 0 unspecified atom stereocenters. The van der Waals surface area contributed by atoms with Gasteiger partial charge < -0.3 is 5.11 Å². The van der Waals surface area contributed by atoms with Crippen LogP contribution in [0.2, 0.25) is 0 Å². The molecule has 1 aromatic heterocycles. The van der Waals surface area contributed by atoms with Crippen LogP contribution in [0.15, 0.2) is 17.4 Å². The van der Waals surface area contributed by atoms with Crippen molar-refractivity contribution in [1.29, 1.82) is 0 Å². The second-order valence-electron chi connectivity index (χ2n) is 3.55. The number of carbonyl (C=O) groups is 1. The van der Waals surface area contributed by atoms with Gasteiger partial charge in [-0.2, -0.15) is 0 Å². The molecule has 0 radical (unpaired) electrons. The molecule has 5 heteroatoms. The summed E-state index contributed by atoms with van der Waals surface area (Å²) in [6, 6.07) is 1.42. The molecule has 15 heavy (non-hydrogen) atoms. The van der Waals surface area contributed by atoms with Gasteiger partial charge in [0.25, 0.3) is 0 Å². The van der Waals surface area contributed by atoms with E-state index < -0.39 is 5.97 Å². The number of aromatic nitrogens is 2. The largest absolute Gasteiger partial charge is 0.477 e. The van der Waals surface area contributed by atoms with Crippen LogP contribution in [0.4, 0.5) is 0 Å². The summed E-state index contributed by atoms with van der Waals surface area (Å²) < 4.78 is 0. The van der Waals surface area contributed by atoms with Crippen LogP contribution in [0, 0.1) is 0 Å². The Hall–Kier alpha value is -1.10. The molecular weight excluding hydrogens is 212 g/mol. The summed E-state index contributed by atoms with van der Waals surface area (Å²) in [5, 5.41) is 9.92. The van der Waals surface area contributed by atoms with Crippen molar-refractivity contribution in [3.05, 3.63) is 18.0 Å². The molecule has 0 bridgehead atoms. The Balaban J connectivity index is 2.07. The van der Waals surface area contributed by atoms with Crippen LogP contribution in [0.25, 0.3) is 0 Å². The van der Waals surface area contributed by atoms with Crippen LogP contribution >= 0.6 is 11.8 Å². The van der Waals surface area contributed by atoms with Crippen LogP contribution in [0.5, 0.6) is 0 Å². The van der Waals surface area contributed by atoms with Crippen molar-refractivity contribution in [2.45, 2.75) is 36.1 Å². The molecule has 1 heterocycles. The normalized spacial score (nSPS) is 16.8. The number of carboxylic acids is 1. The van der Waals surface area contributed by atoms with Gasteiger partial charge in [0.15, 0.2) is 10.9 Å². The van der Waals surface area contributed by atoms with Crippen molar-refractivity contribution < 1.29 is 9.90 Å². The minimum Gasteiger partial charge on any atom is -0.477 e. The van der Waals surface area contributed by atoms with Crippen LogP contribution in [0.1, 0.15) is 36.2 Å². The molecule has 1 saturated carbocycles. The second kappa shape index (κ2) is 4.61. The molecule has 0 aliphatic heterocycles. The monoisotopic (exact) mass is 224 g/mol. The fourth-order valence-corrected chi connectivity index (χ4v) is 2.81. The zero-order valence-corrected chi connectivity index (χ0v) is 9.04. The molecule has 1 fully saturated rings. The van der Waals surface area contributed by atoms with E-state index in [-0.39, 0.29) is 5.69 Å². The van der Waals surface area contributed by atoms with E-state index in [1.807, 2.05) is 0 Å². The molecule has 0 atom stereocenters.